The number of pyridine rings is 1. The van der Waals surface area contributed by atoms with E-state index in [4.69, 9.17) is 11.6 Å². The standard InChI is InChI=1S/C12H14ClN3O4/c1-16(2)10(17)7-20-11(18)6-15-12(19)9-5-8(13)3-4-14-9/h3-5H,6-7H2,1-2H3,(H,15,19). The molecule has 1 N–H and O–H groups in total. The lowest BCUT2D eigenvalue weighted by atomic mass is 10.3. The van der Waals surface area contributed by atoms with Gasteiger partial charge in [-0.15, -0.1) is 0 Å². The van der Waals surface area contributed by atoms with Crippen LogP contribution < -0.4 is 5.32 Å². The van der Waals surface area contributed by atoms with E-state index in [0.29, 0.717) is 5.02 Å². The van der Waals surface area contributed by atoms with E-state index in [1.54, 1.807) is 14.1 Å². The van der Waals surface area contributed by atoms with E-state index >= 15 is 0 Å². The van der Waals surface area contributed by atoms with Gasteiger partial charge in [-0.3, -0.25) is 19.4 Å². The van der Waals surface area contributed by atoms with Crippen LogP contribution in [0.4, 0.5) is 0 Å². The largest absolute Gasteiger partial charge is 0.454 e. The number of hydrogen-bond acceptors (Lipinski definition) is 5. The summed E-state index contributed by atoms with van der Waals surface area (Å²) in [6, 6.07) is 2.90. The zero-order valence-electron chi connectivity index (χ0n) is 11.1. The second kappa shape index (κ2) is 7.44. The van der Waals surface area contributed by atoms with Crippen molar-refractivity contribution in [1.82, 2.24) is 15.2 Å². The minimum Gasteiger partial charge on any atom is -0.454 e. The molecule has 7 nitrogen and oxygen atoms in total. The van der Waals surface area contributed by atoms with Gasteiger partial charge in [0.15, 0.2) is 6.61 Å². The highest BCUT2D eigenvalue weighted by Crippen LogP contribution is 2.07. The van der Waals surface area contributed by atoms with E-state index in [1.807, 2.05) is 0 Å². The normalized spacial score (nSPS) is 9.75. The van der Waals surface area contributed by atoms with E-state index in [9.17, 15) is 14.4 Å². The van der Waals surface area contributed by atoms with Crippen molar-refractivity contribution in [3.8, 4) is 0 Å². The molecule has 2 amide bonds. The zero-order chi connectivity index (χ0) is 15.1. The molecule has 0 fully saturated rings. The maximum absolute atomic E-state index is 11.6. The van der Waals surface area contributed by atoms with Crippen LogP contribution in [-0.4, -0.2) is 54.9 Å². The van der Waals surface area contributed by atoms with Crippen LogP contribution >= 0.6 is 11.6 Å². The molecule has 0 spiro atoms. The highest BCUT2D eigenvalue weighted by atomic mass is 35.5. The molecule has 0 bridgehead atoms. The van der Waals surface area contributed by atoms with Crippen LogP contribution in [0.2, 0.25) is 5.02 Å². The molecule has 0 saturated heterocycles. The lowest BCUT2D eigenvalue weighted by molar-refractivity contribution is -0.150. The van der Waals surface area contributed by atoms with Gasteiger partial charge in [-0.05, 0) is 12.1 Å². The third-order valence-corrected chi connectivity index (χ3v) is 2.44. The van der Waals surface area contributed by atoms with Crippen molar-refractivity contribution in [1.29, 1.82) is 0 Å². The molecular formula is C12H14ClN3O4. The van der Waals surface area contributed by atoms with Gasteiger partial charge < -0.3 is 15.0 Å². The summed E-state index contributed by atoms with van der Waals surface area (Å²) in [6.07, 6.45) is 1.38. The van der Waals surface area contributed by atoms with Crippen LogP contribution in [0.5, 0.6) is 0 Å². The fraction of sp³-hybridized carbons (Fsp3) is 0.333. The second-order valence-electron chi connectivity index (χ2n) is 3.99. The predicted molar refractivity (Wildman–Crippen MR) is 71.2 cm³/mol. The molecule has 0 saturated carbocycles. The molecule has 0 radical (unpaired) electrons. The number of nitrogens with zero attached hydrogens (tertiary/aromatic N) is 2. The summed E-state index contributed by atoms with van der Waals surface area (Å²) in [5.41, 5.74) is 0.0923. The molecule has 8 heteroatoms. The van der Waals surface area contributed by atoms with E-state index < -0.39 is 11.9 Å². The molecule has 20 heavy (non-hydrogen) atoms. The SMILES string of the molecule is CN(C)C(=O)COC(=O)CNC(=O)c1cc(Cl)ccn1. The Morgan fingerprint density at radius 3 is 2.70 bits per heavy atom. The first-order chi connectivity index (χ1) is 9.40. The van der Waals surface area contributed by atoms with Crippen LogP contribution in [0.25, 0.3) is 0 Å². The van der Waals surface area contributed by atoms with Crippen molar-refractivity contribution in [2.24, 2.45) is 0 Å². The minimum atomic E-state index is -0.712. The summed E-state index contributed by atoms with van der Waals surface area (Å²) in [5, 5.41) is 2.68. The first-order valence-electron chi connectivity index (χ1n) is 5.65. The number of carbonyl (C=O) groups is 3. The number of nitrogens with one attached hydrogen (secondary N) is 1. The lowest BCUT2D eigenvalue weighted by Gasteiger charge is -2.10. The smallest absolute Gasteiger partial charge is 0.325 e. The van der Waals surface area contributed by atoms with Gasteiger partial charge in [-0.1, -0.05) is 11.6 Å². The van der Waals surface area contributed by atoms with Crippen molar-refractivity contribution in [2.45, 2.75) is 0 Å². The number of rotatable bonds is 5. The lowest BCUT2D eigenvalue weighted by Crippen LogP contribution is -2.33. The Bertz CT molecular complexity index is 519. The Morgan fingerprint density at radius 1 is 1.40 bits per heavy atom. The van der Waals surface area contributed by atoms with Crippen LogP contribution in [0.15, 0.2) is 18.3 Å². The maximum Gasteiger partial charge on any atom is 0.325 e. The quantitative estimate of drug-likeness (QED) is 0.779. The highest BCUT2D eigenvalue weighted by molar-refractivity contribution is 6.30. The molecule has 108 valence electrons. The van der Waals surface area contributed by atoms with Gasteiger partial charge in [0.05, 0.1) is 0 Å². The average molecular weight is 300 g/mol. The zero-order valence-corrected chi connectivity index (χ0v) is 11.8. The van der Waals surface area contributed by atoms with Gasteiger partial charge in [0.25, 0.3) is 11.8 Å². The Labute approximate surface area is 120 Å². The Kier molecular flexibility index (Phi) is 5.92. The van der Waals surface area contributed by atoms with Crippen molar-refractivity contribution < 1.29 is 19.1 Å². The van der Waals surface area contributed by atoms with Crippen LogP contribution in [0.1, 0.15) is 10.5 Å². The number of likely N-dealkylation sites (N-methyl/N-ethyl adjacent to an activating group) is 1. The Balaban J connectivity index is 2.38. The molecule has 1 aromatic rings. The average Bonchev–Trinajstić information content (AvgIpc) is 2.41. The molecule has 0 aliphatic rings. The van der Waals surface area contributed by atoms with Gasteiger partial charge in [-0.2, -0.15) is 0 Å². The van der Waals surface area contributed by atoms with Gasteiger partial charge in [0.1, 0.15) is 12.2 Å². The molecule has 1 aromatic heterocycles. The minimum absolute atomic E-state index is 0.0923. The summed E-state index contributed by atoms with van der Waals surface area (Å²) in [6.45, 7) is -0.717. The van der Waals surface area contributed by atoms with Crippen molar-refractivity contribution in [3.63, 3.8) is 0 Å². The van der Waals surface area contributed by atoms with E-state index in [1.165, 1.54) is 23.2 Å². The van der Waals surface area contributed by atoms with Crippen LogP contribution in [0, 0.1) is 0 Å². The van der Waals surface area contributed by atoms with Crippen LogP contribution in [0.3, 0.4) is 0 Å². The summed E-state index contributed by atoms with van der Waals surface area (Å²) < 4.78 is 4.68. The van der Waals surface area contributed by atoms with E-state index in [-0.39, 0.29) is 24.8 Å². The van der Waals surface area contributed by atoms with Crippen molar-refractivity contribution in [3.05, 3.63) is 29.0 Å². The fourth-order valence-electron chi connectivity index (χ4n) is 1.09. The second-order valence-corrected chi connectivity index (χ2v) is 4.43. The van der Waals surface area contributed by atoms with Crippen molar-refractivity contribution >= 4 is 29.4 Å². The summed E-state index contributed by atoms with van der Waals surface area (Å²) in [7, 11) is 3.09. The number of amides is 2. The molecule has 1 rings (SSSR count). The summed E-state index contributed by atoms with van der Waals surface area (Å²) >= 11 is 5.71. The molecule has 0 unspecified atom stereocenters. The molecule has 0 aliphatic carbocycles. The number of halogens is 1. The van der Waals surface area contributed by atoms with Crippen molar-refractivity contribution in [2.75, 3.05) is 27.2 Å². The van der Waals surface area contributed by atoms with Gasteiger partial charge in [0.2, 0.25) is 0 Å². The van der Waals surface area contributed by atoms with Gasteiger partial charge in [-0.25, -0.2) is 0 Å². The van der Waals surface area contributed by atoms with E-state index in [0.717, 1.165) is 0 Å². The first-order valence-corrected chi connectivity index (χ1v) is 6.03. The number of hydrogen-bond donors (Lipinski definition) is 1. The number of aromatic nitrogens is 1. The molecule has 0 aliphatic heterocycles. The monoisotopic (exact) mass is 299 g/mol. The number of carbonyl (C=O) groups excluding carboxylic acids is 3. The Hall–Kier alpha value is -2.15. The number of esters is 1. The summed E-state index contributed by atoms with van der Waals surface area (Å²) in [5.74, 6) is -1.61. The Morgan fingerprint density at radius 2 is 2.10 bits per heavy atom. The third kappa shape index (κ3) is 5.23. The molecule has 0 atom stereocenters. The first kappa shape index (κ1) is 15.9. The fourth-order valence-corrected chi connectivity index (χ4v) is 1.25. The molecular weight excluding hydrogens is 286 g/mol. The topological polar surface area (TPSA) is 88.6 Å². The summed E-state index contributed by atoms with van der Waals surface area (Å²) in [4.78, 5) is 39.2. The maximum atomic E-state index is 11.6. The van der Waals surface area contributed by atoms with Gasteiger partial charge in [0, 0.05) is 25.3 Å². The molecule has 0 aromatic carbocycles. The van der Waals surface area contributed by atoms with E-state index in [2.05, 4.69) is 15.0 Å². The number of ether oxygens (including phenoxy) is 1. The van der Waals surface area contributed by atoms with Crippen LogP contribution in [-0.2, 0) is 14.3 Å². The highest BCUT2D eigenvalue weighted by Gasteiger charge is 2.12. The predicted octanol–water partition coefficient (Wildman–Crippen LogP) is 0.0962. The molecule has 1 heterocycles. The van der Waals surface area contributed by atoms with Gasteiger partial charge >= 0.3 is 5.97 Å². The third-order valence-electron chi connectivity index (χ3n) is 2.20.